The molecule has 5 heteroatoms. The Kier molecular flexibility index (Phi) is 5.74. The van der Waals surface area contributed by atoms with Gasteiger partial charge in [0.25, 0.3) is 0 Å². The summed E-state index contributed by atoms with van der Waals surface area (Å²) in [5.41, 5.74) is 2.11. The van der Waals surface area contributed by atoms with Crippen LogP contribution < -0.4 is 4.74 Å². The highest BCUT2D eigenvalue weighted by Gasteiger charge is 2.17. The lowest BCUT2D eigenvalue weighted by atomic mass is 10.0. The number of carboxylic acids is 1. The predicted molar refractivity (Wildman–Crippen MR) is 87.8 cm³/mol. The van der Waals surface area contributed by atoms with E-state index in [-0.39, 0.29) is 12.3 Å². The molecule has 0 aliphatic carbocycles. The van der Waals surface area contributed by atoms with E-state index in [2.05, 4.69) is 5.16 Å². The summed E-state index contributed by atoms with van der Waals surface area (Å²) in [6, 6.07) is 14.8. The molecule has 0 fully saturated rings. The van der Waals surface area contributed by atoms with Crippen molar-refractivity contribution in [3.63, 3.8) is 0 Å². The smallest absolute Gasteiger partial charge is 0.358 e. The van der Waals surface area contributed by atoms with Crippen LogP contribution in [0.3, 0.4) is 0 Å². The molecule has 23 heavy (non-hydrogen) atoms. The van der Waals surface area contributed by atoms with E-state index in [1.807, 2.05) is 43.3 Å². The molecule has 0 saturated heterocycles. The molecule has 0 heterocycles. The van der Waals surface area contributed by atoms with E-state index in [1.165, 1.54) is 0 Å². The summed E-state index contributed by atoms with van der Waals surface area (Å²) < 4.78 is 5.81. The van der Waals surface area contributed by atoms with E-state index in [4.69, 9.17) is 9.57 Å². The first-order valence-electron chi connectivity index (χ1n) is 7.33. The molecule has 1 N–H and O–H groups in total. The van der Waals surface area contributed by atoms with E-state index >= 15 is 0 Å². The van der Waals surface area contributed by atoms with Crippen LogP contribution in [0.4, 0.5) is 0 Å². The van der Waals surface area contributed by atoms with E-state index in [9.17, 15) is 9.90 Å². The number of hydrogen-bond donors (Lipinski definition) is 1. The number of para-hydroxylation sites is 1. The minimum Gasteiger partial charge on any atom is -0.489 e. The highest BCUT2D eigenvalue weighted by Crippen LogP contribution is 2.19. The van der Waals surface area contributed by atoms with Crippen molar-refractivity contribution in [2.75, 3.05) is 6.61 Å². The summed E-state index contributed by atoms with van der Waals surface area (Å²) in [6.07, 6.45) is 0. The second kappa shape index (κ2) is 7.98. The number of carboxylic acid groups (broad SMARTS) is 1. The Morgan fingerprint density at radius 1 is 1.13 bits per heavy atom. The Balaban J connectivity index is 2.26. The number of oxime groups is 1. The molecule has 2 aromatic rings. The second-order valence-corrected chi connectivity index (χ2v) is 4.87. The number of carbonyl (C=O) groups is 1. The van der Waals surface area contributed by atoms with Crippen molar-refractivity contribution in [1.29, 1.82) is 0 Å². The van der Waals surface area contributed by atoms with Gasteiger partial charge >= 0.3 is 5.97 Å². The van der Waals surface area contributed by atoms with Crippen molar-refractivity contribution >= 4 is 11.7 Å². The Labute approximate surface area is 135 Å². The number of rotatable bonds is 7. The number of aliphatic carboxylic acids is 1. The monoisotopic (exact) mass is 313 g/mol. The van der Waals surface area contributed by atoms with E-state index < -0.39 is 5.97 Å². The first-order chi connectivity index (χ1) is 11.1. The molecule has 0 bridgehead atoms. The van der Waals surface area contributed by atoms with Crippen molar-refractivity contribution < 1.29 is 19.5 Å². The molecule has 2 aromatic carbocycles. The molecular formula is C18H19NO4. The third kappa shape index (κ3) is 4.32. The van der Waals surface area contributed by atoms with Crippen molar-refractivity contribution in [2.24, 2.45) is 5.16 Å². The van der Waals surface area contributed by atoms with Gasteiger partial charge in [-0.15, -0.1) is 0 Å². The van der Waals surface area contributed by atoms with Gasteiger partial charge in [-0.05, 0) is 31.0 Å². The minimum absolute atomic E-state index is 0.129. The van der Waals surface area contributed by atoms with E-state index in [0.29, 0.717) is 12.2 Å². The second-order valence-electron chi connectivity index (χ2n) is 4.87. The Morgan fingerprint density at radius 3 is 2.52 bits per heavy atom. The topological polar surface area (TPSA) is 68.1 Å². The lowest BCUT2D eigenvalue weighted by Crippen LogP contribution is -2.18. The largest absolute Gasteiger partial charge is 0.489 e. The number of nitrogens with zero attached hydrogens (tertiary/aromatic N) is 1. The van der Waals surface area contributed by atoms with Gasteiger partial charge in [-0.2, -0.15) is 0 Å². The molecule has 5 nitrogen and oxygen atoms in total. The third-order valence-electron chi connectivity index (χ3n) is 3.24. The zero-order chi connectivity index (χ0) is 16.7. The highest BCUT2D eigenvalue weighted by atomic mass is 16.6. The normalized spacial score (nSPS) is 11.1. The fraction of sp³-hybridized carbons (Fsp3) is 0.222. The Morgan fingerprint density at radius 2 is 1.83 bits per heavy atom. The maximum absolute atomic E-state index is 11.4. The fourth-order valence-electron chi connectivity index (χ4n) is 2.08. The first-order valence-corrected chi connectivity index (χ1v) is 7.33. The number of benzene rings is 2. The molecule has 0 aromatic heterocycles. The molecule has 0 aliphatic heterocycles. The van der Waals surface area contributed by atoms with Crippen LogP contribution in [-0.4, -0.2) is 23.4 Å². The van der Waals surface area contributed by atoms with Crippen LogP contribution in [0.25, 0.3) is 0 Å². The number of ether oxygens (including phenoxy) is 1. The van der Waals surface area contributed by atoms with Gasteiger partial charge in [-0.25, -0.2) is 4.79 Å². The van der Waals surface area contributed by atoms with Crippen molar-refractivity contribution in [3.05, 3.63) is 65.2 Å². The lowest BCUT2D eigenvalue weighted by molar-refractivity contribution is -0.129. The van der Waals surface area contributed by atoms with Crippen molar-refractivity contribution in [1.82, 2.24) is 0 Å². The van der Waals surface area contributed by atoms with Crippen LogP contribution >= 0.6 is 0 Å². The summed E-state index contributed by atoms with van der Waals surface area (Å²) in [5, 5.41) is 13.1. The zero-order valence-corrected chi connectivity index (χ0v) is 13.2. The third-order valence-corrected chi connectivity index (χ3v) is 3.24. The summed E-state index contributed by atoms with van der Waals surface area (Å²) in [4.78, 5) is 16.3. The molecular weight excluding hydrogens is 294 g/mol. The molecule has 0 radical (unpaired) electrons. The van der Waals surface area contributed by atoms with Crippen molar-refractivity contribution in [2.45, 2.75) is 20.5 Å². The Hall–Kier alpha value is -2.82. The number of hydrogen-bond acceptors (Lipinski definition) is 4. The van der Waals surface area contributed by atoms with Crippen LogP contribution in [0.2, 0.25) is 0 Å². The fourth-order valence-corrected chi connectivity index (χ4v) is 2.08. The molecule has 0 unspecified atom stereocenters. The molecule has 0 atom stereocenters. The summed E-state index contributed by atoms with van der Waals surface area (Å²) in [7, 11) is 0. The molecule has 0 spiro atoms. The predicted octanol–water partition coefficient (Wildman–Crippen LogP) is 3.40. The van der Waals surface area contributed by atoms with Gasteiger partial charge in [0.1, 0.15) is 19.0 Å². The van der Waals surface area contributed by atoms with Gasteiger partial charge in [0, 0.05) is 5.56 Å². The van der Waals surface area contributed by atoms with E-state index in [0.717, 1.165) is 16.9 Å². The van der Waals surface area contributed by atoms with Gasteiger partial charge in [0.05, 0.1) is 0 Å². The summed E-state index contributed by atoms with van der Waals surface area (Å²) in [5.74, 6) is -0.372. The molecule has 0 aliphatic rings. The van der Waals surface area contributed by atoms with Crippen LogP contribution in [-0.2, 0) is 16.2 Å². The number of aryl methyl sites for hydroxylation is 1. The quantitative estimate of drug-likeness (QED) is 0.628. The molecule has 0 saturated carbocycles. The van der Waals surface area contributed by atoms with Gasteiger partial charge < -0.3 is 14.7 Å². The van der Waals surface area contributed by atoms with Crippen molar-refractivity contribution in [3.8, 4) is 5.75 Å². The maximum Gasteiger partial charge on any atom is 0.358 e. The zero-order valence-electron chi connectivity index (χ0n) is 13.2. The summed E-state index contributed by atoms with van der Waals surface area (Å²) >= 11 is 0. The van der Waals surface area contributed by atoms with Gasteiger partial charge in [0.15, 0.2) is 5.71 Å². The van der Waals surface area contributed by atoms with Crippen LogP contribution in [0.5, 0.6) is 5.75 Å². The average Bonchev–Trinajstić information content (AvgIpc) is 2.55. The first kappa shape index (κ1) is 16.5. The molecule has 2 rings (SSSR count). The maximum atomic E-state index is 11.4. The van der Waals surface area contributed by atoms with Crippen LogP contribution in [0.1, 0.15) is 23.6 Å². The van der Waals surface area contributed by atoms with Crippen LogP contribution in [0, 0.1) is 6.92 Å². The SMILES string of the molecule is CCO/N=C(/C(=O)O)c1ccccc1COc1ccccc1C. The lowest BCUT2D eigenvalue weighted by Gasteiger charge is -2.12. The standard InChI is InChI=1S/C18H19NO4/c1-3-23-19-17(18(20)21)15-10-6-5-9-14(15)12-22-16-11-7-4-8-13(16)2/h4-11H,3,12H2,1-2H3,(H,20,21)/b19-17+. The summed E-state index contributed by atoms with van der Waals surface area (Å²) in [6.45, 7) is 4.26. The average molecular weight is 313 g/mol. The van der Waals surface area contributed by atoms with E-state index in [1.54, 1.807) is 19.1 Å². The van der Waals surface area contributed by atoms with Gasteiger partial charge in [-0.1, -0.05) is 47.6 Å². The highest BCUT2D eigenvalue weighted by molar-refractivity contribution is 6.42. The van der Waals surface area contributed by atoms with Crippen LogP contribution in [0.15, 0.2) is 53.7 Å². The molecule has 120 valence electrons. The van der Waals surface area contributed by atoms with Gasteiger partial charge in [-0.3, -0.25) is 0 Å². The minimum atomic E-state index is -1.14. The molecule has 0 amide bonds. The Bertz CT molecular complexity index is 710. The van der Waals surface area contributed by atoms with Gasteiger partial charge in [0.2, 0.25) is 0 Å².